The Bertz CT molecular complexity index is 365. The summed E-state index contributed by atoms with van der Waals surface area (Å²) in [6.07, 6.45) is 3.98. The molecular weight excluding hydrogens is 212 g/mol. The predicted molar refractivity (Wildman–Crippen MR) is 49.4 cm³/mol. The van der Waals surface area contributed by atoms with Crippen LogP contribution in [0.5, 0.6) is 0 Å². The van der Waals surface area contributed by atoms with E-state index in [1.807, 2.05) is 0 Å². The molecule has 1 atom stereocenters. The highest BCUT2D eigenvalue weighted by molar-refractivity contribution is 7.92. The highest BCUT2D eigenvalue weighted by atomic mass is 35.5. The fourth-order valence-electron chi connectivity index (χ4n) is 0.721. The van der Waals surface area contributed by atoms with E-state index in [0.29, 0.717) is 0 Å². The molecule has 0 aliphatic carbocycles. The van der Waals surface area contributed by atoms with Gasteiger partial charge in [0.1, 0.15) is 0 Å². The van der Waals surface area contributed by atoms with E-state index in [1.54, 1.807) is 0 Å². The average Bonchev–Trinajstić information content (AvgIpc) is 2.18. The molecule has 0 aliphatic heterocycles. The van der Waals surface area contributed by atoms with Gasteiger partial charge < -0.3 is 0 Å². The third-order valence-electron chi connectivity index (χ3n) is 1.58. The molecule has 0 bridgehead atoms. The van der Waals surface area contributed by atoms with Crippen molar-refractivity contribution in [3.05, 3.63) is 18.6 Å². The second-order valence-electron chi connectivity index (χ2n) is 2.55. The SMILES string of the molecule is CC(CCl)S(=O)(=O)c1cnccn1. The topological polar surface area (TPSA) is 59.9 Å². The van der Waals surface area contributed by atoms with E-state index in [9.17, 15) is 8.42 Å². The minimum Gasteiger partial charge on any atom is -0.260 e. The van der Waals surface area contributed by atoms with Gasteiger partial charge in [-0.25, -0.2) is 13.4 Å². The van der Waals surface area contributed by atoms with Crippen molar-refractivity contribution in [1.82, 2.24) is 9.97 Å². The molecule has 13 heavy (non-hydrogen) atoms. The van der Waals surface area contributed by atoms with E-state index >= 15 is 0 Å². The van der Waals surface area contributed by atoms with Crippen LogP contribution in [0.3, 0.4) is 0 Å². The summed E-state index contributed by atoms with van der Waals surface area (Å²) < 4.78 is 23.2. The molecule has 1 unspecified atom stereocenters. The molecule has 1 rings (SSSR count). The van der Waals surface area contributed by atoms with E-state index in [-0.39, 0.29) is 10.9 Å². The first kappa shape index (κ1) is 10.4. The first-order chi connectivity index (χ1) is 6.09. The van der Waals surface area contributed by atoms with Gasteiger partial charge in [0, 0.05) is 18.3 Å². The van der Waals surface area contributed by atoms with Gasteiger partial charge in [0.2, 0.25) is 9.84 Å². The third-order valence-corrected chi connectivity index (χ3v) is 4.24. The Labute approximate surface area is 81.9 Å². The van der Waals surface area contributed by atoms with Crippen LogP contribution < -0.4 is 0 Å². The average molecular weight is 221 g/mol. The fourth-order valence-corrected chi connectivity index (χ4v) is 2.21. The van der Waals surface area contributed by atoms with Gasteiger partial charge >= 0.3 is 0 Å². The Morgan fingerprint density at radius 2 is 2.23 bits per heavy atom. The number of rotatable bonds is 3. The Morgan fingerprint density at radius 1 is 1.54 bits per heavy atom. The normalized spacial score (nSPS) is 14.0. The van der Waals surface area contributed by atoms with Crippen LogP contribution in [0.4, 0.5) is 0 Å². The number of hydrogen-bond donors (Lipinski definition) is 0. The molecule has 0 radical (unpaired) electrons. The Kier molecular flexibility index (Phi) is 3.22. The Hall–Kier alpha value is -0.680. The van der Waals surface area contributed by atoms with Gasteiger partial charge in [-0.1, -0.05) is 0 Å². The molecule has 1 aromatic heterocycles. The molecule has 0 saturated heterocycles. The van der Waals surface area contributed by atoms with Crippen LogP contribution in [-0.2, 0) is 9.84 Å². The van der Waals surface area contributed by atoms with Crippen molar-refractivity contribution < 1.29 is 8.42 Å². The van der Waals surface area contributed by atoms with E-state index in [1.165, 1.54) is 25.5 Å². The second-order valence-corrected chi connectivity index (χ2v) is 5.18. The number of sulfone groups is 1. The Morgan fingerprint density at radius 3 is 2.69 bits per heavy atom. The lowest BCUT2D eigenvalue weighted by Gasteiger charge is -2.07. The number of hydrogen-bond acceptors (Lipinski definition) is 4. The molecule has 4 nitrogen and oxygen atoms in total. The summed E-state index contributed by atoms with van der Waals surface area (Å²) in [4.78, 5) is 7.39. The van der Waals surface area contributed by atoms with Gasteiger partial charge in [0.05, 0.1) is 11.4 Å². The summed E-state index contributed by atoms with van der Waals surface area (Å²) in [6, 6.07) is 0. The molecule has 0 spiro atoms. The summed E-state index contributed by atoms with van der Waals surface area (Å²) in [5.74, 6) is 0.0545. The summed E-state index contributed by atoms with van der Waals surface area (Å²) in [6.45, 7) is 1.54. The lowest BCUT2D eigenvalue weighted by molar-refractivity contribution is 0.583. The lowest BCUT2D eigenvalue weighted by atomic mass is 10.6. The molecule has 0 aromatic carbocycles. The molecule has 0 fully saturated rings. The lowest BCUT2D eigenvalue weighted by Crippen LogP contribution is -2.20. The molecule has 1 aromatic rings. The summed E-state index contributed by atoms with van der Waals surface area (Å²) in [7, 11) is -3.39. The molecule has 1 heterocycles. The maximum atomic E-state index is 11.6. The summed E-state index contributed by atoms with van der Waals surface area (Å²) in [5.41, 5.74) is 0. The first-order valence-corrected chi connectivity index (χ1v) is 5.73. The largest absolute Gasteiger partial charge is 0.260 e. The molecule has 0 aliphatic rings. The molecule has 72 valence electrons. The molecule has 0 saturated carbocycles. The zero-order valence-corrected chi connectivity index (χ0v) is 8.59. The van der Waals surface area contributed by atoms with E-state index in [2.05, 4.69) is 9.97 Å². The van der Waals surface area contributed by atoms with Crippen molar-refractivity contribution >= 4 is 21.4 Å². The molecule has 0 amide bonds. The molecule has 0 N–H and O–H groups in total. The van der Waals surface area contributed by atoms with Gasteiger partial charge in [0.15, 0.2) is 5.03 Å². The van der Waals surface area contributed by atoms with E-state index in [4.69, 9.17) is 11.6 Å². The van der Waals surface area contributed by atoms with Crippen LogP contribution in [0.15, 0.2) is 23.6 Å². The van der Waals surface area contributed by atoms with Crippen molar-refractivity contribution in [3.8, 4) is 0 Å². The van der Waals surface area contributed by atoms with Crippen LogP contribution in [0.2, 0.25) is 0 Å². The fraction of sp³-hybridized carbons (Fsp3) is 0.429. The monoisotopic (exact) mass is 220 g/mol. The van der Waals surface area contributed by atoms with Gasteiger partial charge in [-0.15, -0.1) is 11.6 Å². The van der Waals surface area contributed by atoms with Crippen molar-refractivity contribution in [2.45, 2.75) is 17.2 Å². The highest BCUT2D eigenvalue weighted by Crippen LogP contribution is 2.12. The Balaban J connectivity index is 3.09. The van der Waals surface area contributed by atoms with Crippen molar-refractivity contribution in [1.29, 1.82) is 0 Å². The van der Waals surface area contributed by atoms with Crippen LogP contribution in [-0.4, -0.2) is 29.5 Å². The minimum absolute atomic E-state index is 0.0249. The first-order valence-electron chi connectivity index (χ1n) is 3.65. The maximum absolute atomic E-state index is 11.6. The number of halogens is 1. The van der Waals surface area contributed by atoms with E-state index < -0.39 is 15.1 Å². The standard InChI is InChI=1S/C7H9ClN2O2S/c1-6(4-8)13(11,12)7-5-9-2-3-10-7/h2-3,5-6H,4H2,1H3. The maximum Gasteiger partial charge on any atom is 0.200 e. The van der Waals surface area contributed by atoms with Crippen LogP contribution in [0.1, 0.15) is 6.92 Å². The summed E-state index contributed by atoms with van der Waals surface area (Å²) >= 11 is 5.46. The van der Waals surface area contributed by atoms with Crippen molar-refractivity contribution in [2.75, 3.05) is 5.88 Å². The van der Waals surface area contributed by atoms with Crippen molar-refractivity contribution in [2.24, 2.45) is 0 Å². The zero-order valence-electron chi connectivity index (χ0n) is 7.01. The van der Waals surface area contributed by atoms with Gasteiger partial charge in [-0.2, -0.15) is 0 Å². The third kappa shape index (κ3) is 2.16. The van der Waals surface area contributed by atoms with Crippen LogP contribution in [0.25, 0.3) is 0 Å². The van der Waals surface area contributed by atoms with Crippen LogP contribution in [0, 0.1) is 0 Å². The molecule has 6 heteroatoms. The molecular formula is C7H9ClN2O2S. The van der Waals surface area contributed by atoms with Crippen molar-refractivity contribution in [3.63, 3.8) is 0 Å². The number of nitrogens with zero attached hydrogens (tertiary/aromatic N) is 2. The van der Waals surface area contributed by atoms with Gasteiger partial charge in [0.25, 0.3) is 0 Å². The number of alkyl halides is 1. The summed E-state index contributed by atoms with van der Waals surface area (Å²) in [5, 5.41) is -0.658. The quantitative estimate of drug-likeness (QED) is 0.710. The number of aromatic nitrogens is 2. The zero-order chi connectivity index (χ0) is 9.90. The second kappa shape index (κ2) is 4.02. The van der Waals surface area contributed by atoms with Crippen LogP contribution >= 0.6 is 11.6 Å². The predicted octanol–water partition coefficient (Wildman–Crippen LogP) is 0.878. The highest BCUT2D eigenvalue weighted by Gasteiger charge is 2.23. The smallest absolute Gasteiger partial charge is 0.200 e. The van der Waals surface area contributed by atoms with Gasteiger partial charge in [-0.3, -0.25) is 4.98 Å². The van der Waals surface area contributed by atoms with Gasteiger partial charge in [-0.05, 0) is 6.92 Å². The minimum atomic E-state index is -3.39. The van der Waals surface area contributed by atoms with E-state index in [0.717, 1.165) is 0 Å².